The number of ether oxygens (including phenoxy) is 1. The fourth-order valence-electron chi connectivity index (χ4n) is 4.17. The summed E-state index contributed by atoms with van der Waals surface area (Å²) in [6, 6.07) is 24.4. The fourth-order valence-corrected chi connectivity index (χ4v) is 5.69. The monoisotopic (exact) mass is 491 g/mol. The number of aryl methyl sites for hydroxylation is 1. The van der Waals surface area contributed by atoms with Crippen molar-refractivity contribution in [2.24, 2.45) is 0 Å². The van der Waals surface area contributed by atoms with Crippen LogP contribution in [0.25, 0.3) is 0 Å². The predicted octanol–water partition coefficient (Wildman–Crippen LogP) is 4.96. The molecule has 1 aliphatic heterocycles. The molecule has 0 amide bonds. The van der Waals surface area contributed by atoms with E-state index in [1.807, 2.05) is 12.1 Å². The summed E-state index contributed by atoms with van der Waals surface area (Å²) >= 11 is 0. The second-order valence-electron chi connectivity index (χ2n) is 8.62. The summed E-state index contributed by atoms with van der Waals surface area (Å²) in [5, 5.41) is 0. The van der Waals surface area contributed by atoms with Crippen LogP contribution < -0.4 is 0 Å². The van der Waals surface area contributed by atoms with Gasteiger partial charge >= 0.3 is 5.97 Å². The van der Waals surface area contributed by atoms with Gasteiger partial charge in [-0.2, -0.15) is 4.31 Å². The molecule has 182 valence electrons. The minimum atomic E-state index is -3.49. The van der Waals surface area contributed by atoms with Crippen molar-refractivity contribution in [2.75, 3.05) is 13.1 Å². The highest BCUT2D eigenvalue weighted by Crippen LogP contribution is 2.24. The largest absolute Gasteiger partial charge is 0.449 e. The average Bonchev–Trinajstić information content (AvgIpc) is 2.92. The van der Waals surface area contributed by atoms with E-state index in [0.717, 1.165) is 24.8 Å². The molecule has 6 nitrogen and oxygen atoms in total. The SMILES string of the molecule is O=C(CCc1ccc(S(=O)(=O)N2CCCCC2)cc1)OC(C(=O)c1ccccc1)c1ccccc1. The van der Waals surface area contributed by atoms with E-state index in [1.54, 1.807) is 72.8 Å². The average molecular weight is 492 g/mol. The van der Waals surface area contributed by atoms with Gasteiger partial charge in [0.05, 0.1) is 4.90 Å². The van der Waals surface area contributed by atoms with Crippen LogP contribution in [0.1, 0.15) is 53.3 Å². The molecule has 0 N–H and O–H groups in total. The molecular weight excluding hydrogens is 462 g/mol. The van der Waals surface area contributed by atoms with E-state index in [2.05, 4.69) is 0 Å². The highest BCUT2D eigenvalue weighted by molar-refractivity contribution is 7.89. The molecule has 1 atom stereocenters. The molecule has 3 aromatic rings. The van der Waals surface area contributed by atoms with Crippen molar-refractivity contribution in [1.29, 1.82) is 0 Å². The quantitative estimate of drug-likeness (QED) is 0.312. The van der Waals surface area contributed by atoms with E-state index in [9.17, 15) is 18.0 Å². The van der Waals surface area contributed by atoms with Crippen LogP contribution in [0.2, 0.25) is 0 Å². The Kier molecular flexibility index (Phi) is 8.10. The second kappa shape index (κ2) is 11.4. The summed E-state index contributed by atoms with van der Waals surface area (Å²) < 4.78 is 32.8. The Hall–Kier alpha value is -3.29. The minimum absolute atomic E-state index is 0.0730. The zero-order chi connectivity index (χ0) is 24.7. The van der Waals surface area contributed by atoms with Crippen molar-refractivity contribution in [1.82, 2.24) is 4.31 Å². The smallest absolute Gasteiger partial charge is 0.307 e. The molecule has 0 saturated carbocycles. The summed E-state index contributed by atoms with van der Waals surface area (Å²) in [5.74, 6) is -0.773. The molecule has 1 saturated heterocycles. The Labute approximate surface area is 206 Å². The molecule has 1 fully saturated rings. The number of carbonyl (C=O) groups is 2. The maximum absolute atomic E-state index is 13.1. The van der Waals surface area contributed by atoms with Crippen LogP contribution in [-0.2, 0) is 26.0 Å². The highest BCUT2D eigenvalue weighted by Gasteiger charge is 2.27. The molecule has 0 radical (unpaired) electrons. The number of hydrogen-bond donors (Lipinski definition) is 0. The maximum atomic E-state index is 13.1. The van der Waals surface area contributed by atoms with Crippen molar-refractivity contribution in [3.8, 4) is 0 Å². The first-order valence-corrected chi connectivity index (χ1v) is 13.3. The van der Waals surface area contributed by atoms with Gasteiger partial charge in [-0.3, -0.25) is 9.59 Å². The van der Waals surface area contributed by atoms with Gasteiger partial charge in [0.15, 0.2) is 6.10 Å². The van der Waals surface area contributed by atoms with Gasteiger partial charge in [-0.1, -0.05) is 79.2 Å². The number of Topliss-reactive ketones (excluding diaryl/α,β-unsaturated/α-hetero) is 1. The number of hydrogen-bond acceptors (Lipinski definition) is 5. The maximum Gasteiger partial charge on any atom is 0.307 e. The number of piperidine rings is 1. The second-order valence-corrected chi connectivity index (χ2v) is 10.6. The van der Waals surface area contributed by atoms with Crippen molar-refractivity contribution in [2.45, 2.75) is 43.1 Å². The van der Waals surface area contributed by atoms with Crippen molar-refractivity contribution < 1.29 is 22.7 Å². The number of ketones is 1. The van der Waals surface area contributed by atoms with E-state index in [4.69, 9.17) is 4.74 Å². The molecule has 0 spiro atoms. The van der Waals surface area contributed by atoms with Crippen LogP contribution in [0.5, 0.6) is 0 Å². The lowest BCUT2D eigenvalue weighted by atomic mass is 10.00. The normalized spacial score (nSPS) is 15.3. The molecule has 1 unspecified atom stereocenters. The molecule has 0 bridgehead atoms. The van der Waals surface area contributed by atoms with E-state index < -0.39 is 22.1 Å². The molecule has 4 rings (SSSR count). The van der Waals surface area contributed by atoms with Gasteiger partial charge in [0.1, 0.15) is 0 Å². The molecule has 1 heterocycles. The van der Waals surface area contributed by atoms with E-state index in [-0.39, 0.29) is 17.1 Å². The Balaban J connectivity index is 1.40. The predicted molar refractivity (Wildman–Crippen MR) is 133 cm³/mol. The first-order chi connectivity index (χ1) is 16.9. The summed E-state index contributed by atoms with van der Waals surface area (Å²) in [6.45, 7) is 1.11. The molecule has 7 heteroatoms. The molecule has 3 aromatic carbocycles. The van der Waals surface area contributed by atoms with Crippen molar-refractivity contribution in [3.05, 3.63) is 102 Å². The lowest BCUT2D eigenvalue weighted by molar-refractivity contribution is -0.147. The molecular formula is C28H29NO5S. The number of nitrogens with zero attached hydrogens (tertiary/aromatic N) is 1. The number of carbonyl (C=O) groups excluding carboxylic acids is 2. The number of sulfonamides is 1. The first kappa shape index (κ1) is 24.8. The first-order valence-electron chi connectivity index (χ1n) is 11.9. The van der Waals surface area contributed by atoms with Gasteiger partial charge in [0.25, 0.3) is 0 Å². The molecule has 1 aliphatic rings. The van der Waals surface area contributed by atoms with Crippen LogP contribution in [0, 0.1) is 0 Å². The van der Waals surface area contributed by atoms with Gasteiger partial charge in [0.2, 0.25) is 15.8 Å². The van der Waals surface area contributed by atoms with Gasteiger partial charge in [-0.25, -0.2) is 8.42 Å². The lowest BCUT2D eigenvalue weighted by Gasteiger charge is -2.25. The molecule has 35 heavy (non-hydrogen) atoms. The lowest BCUT2D eigenvalue weighted by Crippen LogP contribution is -2.35. The van der Waals surface area contributed by atoms with Gasteiger partial charge < -0.3 is 4.74 Å². The third-order valence-electron chi connectivity index (χ3n) is 6.14. The third kappa shape index (κ3) is 6.24. The van der Waals surface area contributed by atoms with Crippen LogP contribution in [0.3, 0.4) is 0 Å². The summed E-state index contributed by atoms with van der Waals surface area (Å²) in [6.07, 6.45) is 2.26. The fraction of sp³-hybridized carbons (Fsp3) is 0.286. The third-order valence-corrected chi connectivity index (χ3v) is 8.05. The number of benzene rings is 3. The number of rotatable bonds is 9. The van der Waals surface area contributed by atoms with Crippen molar-refractivity contribution in [3.63, 3.8) is 0 Å². The summed E-state index contributed by atoms with van der Waals surface area (Å²) in [4.78, 5) is 26.0. The topological polar surface area (TPSA) is 80.8 Å². The Morgan fingerprint density at radius 2 is 1.40 bits per heavy atom. The summed E-state index contributed by atoms with van der Waals surface area (Å²) in [5.41, 5.74) is 1.91. The van der Waals surface area contributed by atoms with Gasteiger partial charge in [-0.05, 0) is 37.0 Å². The van der Waals surface area contributed by atoms with Crippen LogP contribution in [0.4, 0.5) is 0 Å². The zero-order valence-electron chi connectivity index (χ0n) is 19.5. The van der Waals surface area contributed by atoms with E-state index in [1.165, 1.54) is 4.31 Å². The highest BCUT2D eigenvalue weighted by atomic mass is 32.2. The molecule has 0 aliphatic carbocycles. The van der Waals surface area contributed by atoms with Crippen LogP contribution >= 0.6 is 0 Å². The standard InChI is InChI=1S/C28H29NO5S/c30-26(34-28(24-12-6-2-7-13-24)27(31)23-10-4-1-5-11-23)19-16-22-14-17-25(18-15-22)35(32,33)29-20-8-3-9-21-29/h1-2,4-7,10-15,17-18,28H,3,8-9,16,19-21H2. The van der Waals surface area contributed by atoms with E-state index in [0.29, 0.717) is 30.6 Å². The van der Waals surface area contributed by atoms with Crippen molar-refractivity contribution >= 4 is 21.8 Å². The van der Waals surface area contributed by atoms with E-state index >= 15 is 0 Å². The summed E-state index contributed by atoms with van der Waals surface area (Å²) in [7, 11) is -3.49. The Bertz CT molecular complexity index is 1240. The Morgan fingerprint density at radius 1 is 0.800 bits per heavy atom. The van der Waals surface area contributed by atoms with Gasteiger partial charge in [0, 0.05) is 30.6 Å². The Morgan fingerprint density at radius 3 is 2.03 bits per heavy atom. The minimum Gasteiger partial charge on any atom is -0.449 e. The molecule has 0 aromatic heterocycles. The number of esters is 1. The van der Waals surface area contributed by atoms with Crippen LogP contribution in [0.15, 0.2) is 89.8 Å². The zero-order valence-corrected chi connectivity index (χ0v) is 20.3. The van der Waals surface area contributed by atoms with Crippen LogP contribution in [-0.4, -0.2) is 37.6 Å². The van der Waals surface area contributed by atoms with Gasteiger partial charge in [-0.15, -0.1) is 0 Å².